The summed E-state index contributed by atoms with van der Waals surface area (Å²) in [6, 6.07) is 0. The fraction of sp³-hybridized carbons (Fsp3) is 0.500. The second-order valence-corrected chi connectivity index (χ2v) is 3.24. The smallest absolute Gasteiger partial charge is 0.110 e. The van der Waals surface area contributed by atoms with Gasteiger partial charge in [0.15, 0.2) is 0 Å². The lowest BCUT2D eigenvalue weighted by atomic mass is 10.4. The van der Waals surface area contributed by atoms with Crippen LogP contribution in [0.1, 0.15) is 24.6 Å². The van der Waals surface area contributed by atoms with E-state index >= 15 is 0 Å². The molecule has 1 aliphatic rings. The number of hydrogen-bond donors (Lipinski definition) is 1. The van der Waals surface area contributed by atoms with E-state index < -0.39 is 0 Å². The van der Waals surface area contributed by atoms with Gasteiger partial charge in [-0.2, -0.15) is 0 Å². The van der Waals surface area contributed by atoms with E-state index in [1.54, 1.807) is 0 Å². The van der Waals surface area contributed by atoms with Gasteiger partial charge in [0, 0.05) is 5.92 Å². The highest BCUT2D eigenvalue weighted by atomic mass is 79.9. The summed E-state index contributed by atoms with van der Waals surface area (Å²) in [6.45, 7) is 0. The van der Waals surface area contributed by atoms with Crippen LogP contribution in [0.2, 0.25) is 0 Å². The summed E-state index contributed by atoms with van der Waals surface area (Å²) in [5.74, 6) is 1.87. The third-order valence-electron chi connectivity index (χ3n) is 1.53. The molecule has 2 rings (SSSR count). The second kappa shape index (κ2) is 1.84. The number of aromatic nitrogens is 2. The fourth-order valence-corrected chi connectivity index (χ4v) is 1.18. The minimum Gasteiger partial charge on any atom is -0.337 e. The van der Waals surface area contributed by atoms with Gasteiger partial charge >= 0.3 is 0 Å². The number of H-pyrrole nitrogens is 1. The van der Waals surface area contributed by atoms with Crippen LogP contribution >= 0.6 is 15.9 Å². The Kier molecular flexibility index (Phi) is 1.12. The number of imidazole rings is 1. The molecule has 0 unspecified atom stereocenters. The molecule has 1 aromatic heterocycles. The summed E-state index contributed by atoms with van der Waals surface area (Å²) in [6.07, 6.45) is 4.42. The van der Waals surface area contributed by atoms with Crippen molar-refractivity contribution in [3.8, 4) is 0 Å². The van der Waals surface area contributed by atoms with Gasteiger partial charge in [-0.25, -0.2) is 4.98 Å². The van der Waals surface area contributed by atoms with Gasteiger partial charge in [0.2, 0.25) is 0 Å². The van der Waals surface area contributed by atoms with Crippen molar-refractivity contribution in [2.75, 3.05) is 0 Å². The van der Waals surface area contributed by atoms with Crippen LogP contribution in [0.15, 0.2) is 10.8 Å². The van der Waals surface area contributed by atoms with Crippen molar-refractivity contribution >= 4 is 15.9 Å². The van der Waals surface area contributed by atoms with E-state index in [9.17, 15) is 0 Å². The van der Waals surface area contributed by atoms with Gasteiger partial charge < -0.3 is 4.98 Å². The van der Waals surface area contributed by atoms with Crippen LogP contribution in [0.3, 0.4) is 0 Å². The Morgan fingerprint density at radius 1 is 1.67 bits per heavy atom. The predicted octanol–water partition coefficient (Wildman–Crippen LogP) is 2.05. The third kappa shape index (κ3) is 1.01. The summed E-state index contributed by atoms with van der Waals surface area (Å²) in [5.41, 5.74) is 0. The number of aromatic amines is 1. The van der Waals surface area contributed by atoms with E-state index in [0.717, 1.165) is 16.3 Å². The molecule has 0 saturated heterocycles. The van der Waals surface area contributed by atoms with Gasteiger partial charge in [0.1, 0.15) is 10.4 Å². The van der Waals surface area contributed by atoms with Crippen molar-refractivity contribution in [1.82, 2.24) is 9.97 Å². The zero-order valence-corrected chi connectivity index (χ0v) is 6.48. The molecule has 0 aromatic carbocycles. The van der Waals surface area contributed by atoms with Crippen molar-refractivity contribution in [3.05, 3.63) is 16.6 Å². The Labute approximate surface area is 61.8 Å². The van der Waals surface area contributed by atoms with Crippen LogP contribution in [0.4, 0.5) is 0 Å². The maximum atomic E-state index is 4.18. The molecular formula is C6H7BrN2. The Balaban J connectivity index is 2.28. The van der Waals surface area contributed by atoms with Crippen LogP contribution in [0.25, 0.3) is 0 Å². The Morgan fingerprint density at radius 3 is 2.89 bits per heavy atom. The summed E-state index contributed by atoms with van der Waals surface area (Å²) in [5, 5.41) is 0. The van der Waals surface area contributed by atoms with Crippen LogP contribution in [0, 0.1) is 0 Å². The van der Waals surface area contributed by atoms with Gasteiger partial charge in [-0.15, -0.1) is 0 Å². The molecule has 1 aliphatic carbocycles. The molecule has 0 amide bonds. The minimum atomic E-state index is 0.733. The SMILES string of the molecule is Brc1cnc(C2CC2)[nH]1. The first-order valence-electron chi connectivity index (χ1n) is 3.06. The molecular weight excluding hydrogens is 180 g/mol. The summed E-state index contributed by atoms with van der Waals surface area (Å²) < 4.78 is 0.990. The number of hydrogen-bond acceptors (Lipinski definition) is 1. The van der Waals surface area contributed by atoms with E-state index in [4.69, 9.17) is 0 Å². The molecule has 1 heterocycles. The van der Waals surface area contributed by atoms with Crippen LogP contribution in [0.5, 0.6) is 0 Å². The first-order valence-corrected chi connectivity index (χ1v) is 3.86. The molecule has 0 atom stereocenters. The molecule has 0 bridgehead atoms. The average Bonchev–Trinajstić information content (AvgIpc) is 2.58. The molecule has 1 aromatic rings. The Bertz CT molecular complexity index is 215. The number of halogens is 1. The van der Waals surface area contributed by atoms with Crippen LogP contribution in [-0.2, 0) is 0 Å². The van der Waals surface area contributed by atoms with Gasteiger partial charge in [-0.3, -0.25) is 0 Å². The number of nitrogens with zero attached hydrogens (tertiary/aromatic N) is 1. The van der Waals surface area contributed by atoms with Crippen molar-refractivity contribution in [2.24, 2.45) is 0 Å². The van der Waals surface area contributed by atoms with Gasteiger partial charge in [-0.1, -0.05) is 0 Å². The lowest BCUT2D eigenvalue weighted by Gasteiger charge is -1.84. The average molecular weight is 187 g/mol. The minimum absolute atomic E-state index is 0.733. The molecule has 0 aliphatic heterocycles. The van der Waals surface area contributed by atoms with E-state index in [0.29, 0.717) is 0 Å². The summed E-state index contributed by atoms with van der Waals surface area (Å²) in [7, 11) is 0. The van der Waals surface area contributed by atoms with Crippen molar-refractivity contribution in [2.45, 2.75) is 18.8 Å². The molecule has 1 saturated carbocycles. The quantitative estimate of drug-likeness (QED) is 0.715. The first kappa shape index (κ1) is 5.47. The Morgan fingerprint density at radius 2 is 2.44 bits per heavy atom. The van der Waals surface area contributed by atoms with Crippen LogP contribution in [-0.4, -0.2) is 9.97 Å². The molecule has 3 heteroatoms. The standard InChI is InChI=1S/C6H7BrN2/c7-5-3-8-6(9-5)4-1-2-4/h3-4H,1-2H2,(H,8,9). The second-order valence-electron chi connectivity index (χ2n) is 2.39. The number of nitrogens with one attached hydrogen (secondary N) is 1. The molecule has 2 nitrogen and oxygen atoms in total. The fourth-order valence-electron chi connectivity index (χ4n) is 0.877. The van der Waals surface area contributed by atoms with Gasteiger partial charge in [0.05, 0.1) is 6.20 Å². The van der Waals surface area contributed by atoms with E-state index in [1.807, 2.05) is 6.20 Å². The normalized spacial score (nSPS) is 18.3. The maximum absolute atomic E-state index is 4.18. The lowest BCUT2D eigenvalue weighted by Crippen LogP contribution is -1.79. The highest BCUT2D eigenvalue weighted by Gasteiger charge is 2.25. The highest BCUT2D eigenvalue weighted by molar-refractivity contribution is 9.10. The third-order valence-corrected chi connectivity index (χ3v) is 1.93. The molecule has 0 radical (unpaired) electrons. The number of rotatable bonds is 1. The highest BCUT2D eigenvalue weighted by Crippen LogP contribution is 2.38. The largest absolute Gasteiger partial charge is 0.337 e. The van der Waals surface area contributed by atoms with Crippen molar-refractivity contribution in [1.29, 1.82) is 0 Å². The van der Waals surface area contributed by atoms with Crippen LogP contribution < -0.4 is 0 Å². The maximum Gasteiger partial charge on any atom is 0.110 e. The van der Waals surface area contributed by atoms with E-state index in [1.165, 1.54) is 12.8 Å². The van der Waals surface area contributed by atoms with Crippen molar-refractivity contribution in [3.63, 3.8) is 0 Å². The van der Waals surface area contributed by atoms with Gasteiger partial charge in [0.25, 0.3) is 0 Å². The monoisotopic (exact) mass is 186 g/mol. The first-order chi connectivity index (χ1) is 4.36. The van der Waals surface area contributed by atoms with Gasteiger partial charge in [-0.05, 0) is 28.8 Å². The zero-order valence-electron chi connectivity index (χ0n) is 4.89. The molecule has 48 valence electrons. The van der Waals surface area contributed by atoms with Crippen molar-refractivity contribution < 1.29 is 0 Å². The summed E-state index contributed by atoms with van der Waals surface area (Å²) in [4.78, 5) is 7.32. The topological polar surface area (TPSA) is 28.7 Å². The van der Waals surface area contributed by atoms with E-state index in [2.05, 4.69) is 25.9 Å². The predicted molar refractivity (Wildman–Crippen MR) is 38.3 cm³/mol. The summed E-state index contributed by atoms with van der Waals surface area (Å²) >= 11 is 3.31. The Hall–Kier alpha value is -0.310. The molecule has 1 fully saturated rings. The molecule has 1 N–H and O–H groups in total. The zero-order chi connectivity index (χ0) is 6.27. The molecule has 0 spiro atoms. The van der Waals surface area contributed by atoms with E-state index in [-0.39, 0.29) is 0 Å². The molecule has 9 heavy (non-hydrogen) atoms. The lowest BCUT2D eigenvalue weighted by molar-refractivity contribution is 0.972.